The Labute approximate surface area is 153 Å². The van der Waals surface area contributed by atoms with Gasteiger partial charge in [0.2, 0.25) is 10.0 Å². The van der Waals surface area contributed by atoms with Crippen LogP contribution in [0, 0.1) is 13.8 Å². The average molecular weight is 374 g/mol. The molecule has 1 heterocycles. The molecule has 1 aliphatic rings. The van der Waals surface area contributed by atoms with E-state index in [-0.39, 0.29) is 18.9 Å². The lowest BCUT2D eigenvalue weighted by molar-refractivity contribution is -0.122. The summed E-state index contributed by atoms with van der Waals surface area (Å²) in [4.78, 5) is 12.7. The summed E-state index contributed by atoms with van der Waals surface area (Å²) in [6, 6.07) is 12.8. The molecular weight excluding hydrogens is 352 g/mol. The van der Waals surface area contributed by atoms with Gasteiger partial charge in [0.1, 0.15) is 5.75 Å². The molecule has 0 aliphatic carbocycles. The van der Waals surface area contributed by atoms with Crippen molar-refractivity contribution >= 4 is 27.3 Å². The molecule has 0 spiro atoms. The number of nitrogens with one attached hydrogen (secondary N) is 1. The van der Waals surface area contributed by atoms with Crippen molar-refractivity contribution in [3.05, 3.63) is 53.6 Å². The van der Waals surface area contributed by atoms with Crippen molar-refractivity contribution in [3.8, 4) is 5.75 Å². The normalized spacial score (nSPS) is 17.0. The third kappa shape index (κ3) is 3.99. The number of fused-ring (bicyclic) bond motifs is 1. The minimum absolute atomic E-state index is 0.182. The van der Waals surface area contributed by atoms with Gasteiger partial charge < -0.3 is 10.1 Å². The fourth-order valence-electron chi connectivity index (χ4n) is 2.96. The van der Waals surface area contributed by atoms with Crippen LogP contribution < -0.4 is 14.4 Å². The molecule has 0 fully saturated rings. The van der Waals surface area contributed by atoms with Gasteiger partial charge in [0.25, 0.3) is 5.91 Å². The standard InChI is InChI=1S/C19H22N2O4S/c1-13-5-4-6-15(11-13)20-19(22)18-9-10-21(26(3,23)24)16-12-14(2)7-8-17(16)25-18/h4-8,11-12,18H,9-10H2,1-3H3,(H,20,22)/t18-/m1/s1. The maximum Gasteiger partial charge on any atom is 0.265 e. The fraction of sp³-hybridized carbons (Fsp3) is 0.316. The topological polar surface area (TPSA) is 75.7 Å². The Morgan fingerprint density at radius 3 is 2.58 bits per heavy atom. The minimum atomic E-state index is -3.47. The van der Waals surface area contributed by atoms with Crippen molar-refractivity contribution < 1.29 is 17.9 Å². The monoisotopic (exact) mass is 374 g/mol. The number of ether oxygens (including phenoxy) is 1. The van der Waals surface area contributed by atoms with E-state index in [9.17, 15) is 13.2 Å². The lowest BCUT2D eigenvalue weighted by Gasteiger charge is -2.21. The zero-order chi connectivity index (χ0) is 18.9. The van der Waals surface area contributed by atoms with Gasteiger partial charge in [-0.05, 0) is 49.2 Å². The minimum Gasteiger partial charge on any atom is -0.478 e. The maximum atomic E-state index is 12.7. The van der Waals surface area contributed by atoms with Crippen molar-refractivity contribution in [3.63, 3.8) is 0 Å². The van der Waals surface area contributed by atoms with Crippen LogP contribution >= 0.6 is 0 Å². The molecule has 7 heteroatoms. The lowest BCUT2D eigenvalue weighted by Crippen LogP contribution is -2.36. The summed E-state index contributed by atoms with van der Waals surface area (Å²) in [6.07, 6.45) is 0.647. The number of rotatable bonds is 3. The summed E-state index contributed by atoms with van der Waals surface area (Å²) in [6.45, 7) is 4.01. The van der Waals surface area contributed by atoms with Gasteiger partial charge in [0, 0.05) is 18.7 Å². The second-order valence-corrected chi connectivity index (χ2v) is 8.47. The molecule has 0 radical (unpaired) electrons. The van der Waals surface area contributed by atoms with E-state index in [1.165, 1.54) is 4.31 Å². The van der Waals surface area contributed by atoms with Crippen LogP contribution in [0.1, 0.15) is 17.5 Å². The van der Waals surface area contributed by atoms with Crippen LogP contribution in [0.4, 0.5) is 11.4 Å². The Morgan fingerprint density at radius 2 is 1.88 bits per heavy atom. The highest BCUT2D eigenvalue weighted by atomic mass is 32.2. The van der Waals surface area contributed by atoms with Crippen LogP contribution in [0.25, 0.3) is 0 Å². The first kappa shape index (κ1) is 18.3. The molecular formula is C19H22N2O4S. The smallest absolute Gasteiger partial charge is 0.265 e. The number of benzene rings is 2. The fourth-order valence-corrected chi connectivity index (χ4v) is 3.90. The van der Waals surface area contributed by atoms with Crippen LogP contribution in [0.5, 0.6) is 5.75 Å². The number of nitrogens with zero attached hydrogens (tertiary/aromatic N) is 1. The SMILES string of the molecule is Cc1cccc(NC(=O)[C@H]2CCN(S(C)(=O)=O)c3cc(C)ccc3O2)c1. The van der Waals surface area contributed by atoms with E-state index in [2.05, 4.69) is 5.32 Å². The second-order valence-electron chi connectivity index (χ2n) is 6.56. The Bertz CT molecular complexity index is 940. The number of anilines is 2. The van der Waals surface area contributed by atoms with Gasteiger partial charge in [0.15, 0.2) is 6.10 Å². The van der Waals surface area contributed by atoms with Crippen LogP contribution in [-0.2, 0) is 14.8 Å². The van der Waals surface area contributed by atoms with Crippen LogP contribution in [-0.4, -0.2) is 33.2 Å². The molecule has 0 saturated carbocycles. The van der Waals surface area contributed by atoms with E-state index in [4.69, 9.17) is 4.74 Å². The van der Waals surface area contributed by atoms with Crippen molar-refractivity contribution in [2.75, 3.05) is 22.4 Å². The van der Waals surface area contributed by atoms with Crippen molar-refractivity contribution in [2.24, 2.45) is 0 Å². The zero-order valence-corrected chi connectivity index (χ0v) is 15.8. The molecule has 26 heavy (non-hydrogen) atoms. The number of amides is 1. The summed E-state index contributed by atoms with van der Waals surface area (Å²) in [5, 5.41) is 2.84. The molecule has 3 rings (SSSR count). The number of carbonyl (C=O) groups is 1. The van der Waals surface area contributed by atoms with Crippen LogP contribution in [0.2, 0.25) is 0 Å². The molecule has 138 valence electrons. The summed E-state index contributed by atoms with van der Waals surface area (Å²) >= 11 is 0. The first-order valence-corrected chi connectivity index (χ1v) is 10.2. The maximum absolute atomic E-state index is 12.7. The number of hydrogen-bond acceptors (Lipinski definition) is 4. The molecule has 6 nitrogen and oxygen atoms in total. The van der Waals surface area contributed by atoms with E-state index in [0.29, 0.717) is 17.1 Å². The predicted molar refractivity (Wildman–Crippen MR) is 102 cm³/mol. The summed E-state index contributed by atoms with van der Waals surface area (Å²) in [7, 11) is -3.47. The van der Waals surface area contributed by atoms with Crippen molar-refractivity contribution in [2.45, 2.75) is 26.4 Å². The van der Waals surface area contributed by atoms with Gasteiger partial charge in [-0.3, -0.25) is 9.10 Å². The third-order valence-electron chi connectivity index (χ3n) is 4.23. The van der Waals surface area contributed by atoms with E-state index < -0.39 is 16.1 Å². The largest absolute Gasteiger partial charge is 0.478 e. The molecule has 0 bridgehead atoms. The summed E-state index contributed by atoms with van der Waals surface area (Å²) in [5.41, 5.74) is 3.11. The predicted octanol–water partition coefficient (Wildman–Crippen LogP) is 2.86. The van der Waals surface area contributed by atoms with Gasteiger partial charge in [-0.15, -0.1) is 0 Å². The van der Waals surface area contributed by atoms with E-state index in [1.54, 1.807) is 12.1 Å². The molecule has 0 aromatic heterocycles. The quantitative estimate of drug-likeness (QED) is 0.896. The molecule has 0 unspecified atom stereocenters. The molecule has 1 atom stereocenters. The Kier molecular flexibility index (Phi) is 4.91. The average Bonchev–Trinajstić information content (AvgIpc) is 2.73. The molecule has 2 aromatic rings. The highest BCUT2D eigenvalue weighted by Crippen LogP contribution is 2.35. The van der Waals surface area contributed by atoms with Crippen LogP contribution in [0.3, 0.4) is 0 Å². The number of aryl methyl sites for hydroxylation is 2. The van der Waals surface area contributed by atoms with E-state index >= 15 is 0 Å². The second kappa shape index (κ2) is 6.99. The highest BCUT2D eigenvalue weighted by Gasteiger charge is 2.31. The summed E-state index contributed by atoms with van der Waals surface area (Å²) in [5.74, 6) is 0.0976. The van der Waals surface area contributed by atoms with E-state index in [0.717, 1.165) is 17.4 Å². The van der Waals surface area contributed by atoms with Crippen LogP contribution in [0.15, 0.2) is 42.5 Å². The van der Waals surface area contributed by atoms with Gasteiger partial charge in [-0.2, -0.15) is 0 Å². The van der Waals surface area contributed by atoms with E-state index in [1.807, 2.05) is 44.2 Å². The van der Waals surface area contributed by atoms with Gasteiger partial charge in [-0.1, -0.05) is 18.2 Å². The molecule has 2 aromatic carbocycles. The van der Waals surface area contributed by atoms with Gasteiger partial charge >= 0.3 is 0 Å². The van der Waals surface area contributed by atoms with Gasteiger partial charge in [0.05, 0.1) is 11.9 Å². The molecule has 1 aliphatic heterocycles. The lowest BCUT2D eigenvalue weighted by atomic mass is 10.2. The number of carbonyl (C=O) groups excluding carboxylic acids is 1. The molecule has 1 amide bonds. The third-order valence-corrected chi connectivity index (χ3v) is 5.41. The van der Waals surface area contributed by atoms with Crippen molar-refractivity contribution in [1.29, 1.82) is 0 Å². The first-order valence-electron chi connectivity index (χ1n) is 8.36. The molecule has 0 saturated heterocycles. The Morgan fingerprint density at radius 1 is 1.15 bits per heavy atom. The van der Waals surface area contributed by atoms with Crippen molar-refractivity contribution in [1.82, 2.24) is 0 Å². The molecule has 1 N–H and O–H groups in total. The highest BCUT2D eigenvalue weighted by molar-refractivity contribution is 7.92. The first-order chi connectivity index (χ1) is 12.2. The zero-order valence-electron chi connectivity index (χ0n) is 15.0. The Balaban J connectivity index is 1.88. The number of sulfonamides is 1. The number of hydrogen-bond donors (Lipinski definition) is 1. The summed E-state index contributed by atoms with van der Waals surface area (Å²) < 4.78 is 31.6. The Hall–Kier alpha value is -2.54. The van der Waals surface area contributed by atoms with Gasteiger partial charge in [-0.25, -0.2) is 8.42 Å².